The zero-order valence-electron chi connectivity index (χ0n) is 27.4. The first kappa shape index (κ1) is 36.7. The van der Waals surface area contributed by atoms with Crippen molar-refractivity contribution in [1.82, 2.24) is 10.6 Å². The number of thiophene rings is 1. The second-order valence-electron chi connectivity index (χ2n) is 12.5. The number of aryl methyl sites for hydroxylation is 1. The van der Waals surface area contributed by atoms with Crippen molar-refractivity contribution in [3.63, 3.8) is 0 Å². The predicted molar refractivity (Wildman–Crippen MR) is 194 cm³/mol. The van der Waals surface area contributed by atoms with E-state index in [0.29, 0.717) is 24.2 Å². The largest absolute Gasteiger partial charge is 0.486 e. The number of amides is 2. The Bertz CT molecular complexity index is 1760. The average Bonchev–Trinajstić information content (AvgIpc) is 3.63. The molecule has 2 amide bonds. The van der Waals surface area contributed by atoms with Crippen LogP contribution in [0.25, 0.3) is 0 Å². The van der Waals surface area contributed by atoms with Crippen LogP contribution in [0.1, 0.15) is 40.8 Å². The normalized spacial score (nSPS) is 20.9. The maximum atomic E-state index is 14.1. The van der Waals surface area contributed by atoms with Crippen molar-refractivity contribution < 1.29 is 33.8 Å². The fraction of sp³-hybridized carbons (Fsp3) is 0.308. The van der Waals surface area contributed by atoms with E-state index in [1.54, 1.807) is 24.3 Å². The Morgan fingerprint density at radius 1 is 0.780 bits per heavy atom. The van der Waals surface area contributed by atoms with Crippen molar-refractivity contribution in [2.45, 2.75) is 57.0 Å². The number of carboxylic acid groups (broad SMARTS) is 1. The molecule has 2 aliphatic rings. The number of carbonyl (C=O) groups excluding carboxylic acids is 4. The van der Waals surface area contributed by atoms with Gasteiger partial charge in [-0.2, -0.15) is 0 Å². The summed E-state index contributed by atoms with van der Waals surface area (Å²) in [6.07, 6.45) is 0.810. The molecule has 0 radical (unpaired) electrons. The van der Waals surface area contributed by atoms with E-state index in [2.05, 4.69) is 26.6 Å². The highest BCUT2D eigenvalue weighted by molar-refractivity contribution is 9.10. The highest BCUT2D eigenvalue weighted by Gasteiger charge is 2.32. The highest BCUT2D eigenvalue weighted by Crippen LogP contribution is 2.22. The molecular formula is C39H39BrN2O7S. The molecule has 3 aromatic carbocycles. The van der Waals surface area contributed by atoms with E-state index < -0.39 is 47.5 Å². The number of ketones is 2. The van der Waals surface area contributed by atoms with Gasteiger partial charge in [0.2, 0.25) is 11.8 Å². The first-order chi connectivity index (χ1) is 24.1. The zero-order chi connectivity index (χ0) is 35.5. The Hall–Kier alpha value is -4.61. The second kappa shape index (κ2) is 17.9. The predicted octanol–water partition coefficient (Wildman–Crippen LogP) is 5.77. The number of benzene rings is 3. The summed E-state index contributed by atoms with van der Waals surface area (Å²) < 4.78 is 6.58. The SMILES string of the molecule is O=C1COc2ccc(cc2)C[C@@H](C(=O)O)CC(=O)[C@H](CCc2ccccc2)NC(=O)[C@@H](Cc2ccc(Br)cc2)NC(=O)[C@H](Cc2cccs2)C1. The van der Waals surface area contributed by atoms with Gasteiger partial charge in [-0.05, 0) is 78.1 Å². The minimum Gasteiger partial charge on any atom is -0.486 e. The van der Waals surface area contributed by atoms with Crippen molar-refractivity contribution in [1.29, 1.82) is 0 Å². The maximum Gasteiger partial charge on any atom is 0.307 e. The van der Waals surface area contributed by atoms with E-state index >= 15 is 0 Å². The lowest BCUT2D eigenvalue weighted by molar-refractivity contribution is -0.144. The number of hydrogen-bond donors (Lipinski definition) is 3. The summed E-state index contributed by atoms with van der Waals surface area (Å²) in [5.41, 5.74) is 2.42. The third-order valence-electron chi connectivity index (χ3n) is 8.73. The molecule has 9 nitrogen and oxygen atoms in total. The van der Waals surface area contributed by atoms with E-state index in [0.717, 1.165) is 20.5 Å². The molecule has 2 aliphatic heterocycles. The Morgan fingerprint density at radius 3 is 2.18 bits per heavy atom. The van der Waals surface area contributed by atoms with E-state index in [1.165, 1.54) is 11.3 Å². The summed E-state index contributed by atoms with van der Waals surface area (Å²) >= 11 is 4.91. The molecular weight excluding hydrogens is 720 g/mol. The van der Waals surface area contributed by atoms with Crippen molar-refractivity contribution >= 4 is 56.6 Å². The van der Waals surface area contributed by atoms with Crippen molar-refractivity contribution in [3.05, 3.63) is 122 Å². The number of halogens is 1. The lowest BCUT2D eigenvalue weighted by atomic mass is 9.90. The standard InChI is InChI=1S/C39H39BrN2O7S/c40-30-13-8-27(9-14-30)20-35-38(46)41-34(17-12-25-5-2-1-3-6-25)36(44)23-29(39(47)48)19-26-10-15-32(16-11-26)49-24-31(43)21-28(37(45)42-35)22-33-7-4-18-50-33/h1-11,13-16,18,28-29,34-35H,12,17,19-24H2,(H,41,46)(H,42,45)(H,47,48)/t28-,29+,34-,35+/m0/s1. The summed E-state index contributed by atoms with van der Waals surface area (Å²) in [7, 11) is 0. The Kier molecular flexibility index (Phi) is 13.1. The molecule has 260 valence electrons. The summed E-state index contributed by atoms with van der Waals surface area (Å²) in [6, 6.07) is 25.3. The average molecular weight is 760 g/mol. The number of carbonyl (C=O) groups is 5. The lowest BCUT2D eigenvalue weighted by Gasteiger charge is -2.25. The van der Waals surface area contributed by atoms with Crippen LogP contribution in [0, 0.1) is 11.8 Å². The van der Waals surface area contributed by atoms with Crippen LogP contribution in [0.5, 0.6) is 5.75 Å². The van der Waals surface area contributed by atoms with Gasteiger partial charge in [-0.3, -0.25) is 24.0 Å². The topological polar surface area (TPSA) is 139 Å². The van der Waals surface area contributed by atoms with Gasteiger partial charge in [0.25, 0.3) is 0 Å². The number of rotatable bonds is 8. The molecule has 6 rings (SSSR count). The first-order valence-electron chi connectivity index (χ1n) is 16.5. The molecule has 2 bridgehead atoms. The van der Waals surface area contributed by atoms with Gasteiger partial charge in [0, 0.05) is 34.5 Å². The molecule has 50 heavy (non-hydrogen) atoms. The van der Waals surface area contributed by atoms with Crippen LogP contribution >= 0.6 is 27.3 Å². The Balaban J connectivity index is 1.48. The number of carboxylic acids is 1. The lowest BCUT2D eigenvalue weighted by Crippen LogP contribution is -2.54. The van der Waals surface area contributed by atoms with Gasteiger partial charge in [0.05, 0.1) is 12.0 Å². The molecule has 0 saturated heterocycles. The summed E-state index contributed by atoms with van der Waals surface area (Å²) in [4.78, 5) is 68.5. The third kappa shape index (κ3) is 10.9. The molecule has 11 heteroatoms. The molecule has 0 spiro atoms. The molecule has 0 aliphatic carbocycles. The molecule has 3 N–H and O–H groups in total. The number of hydrogen-bond acceptors (Lipinski definition) is 7. The van der Waals surface area contributed by atoms with Gasteiger partial charge in [0.1, 0.15) is 18.4 Å². The van der Waals surface area contributed by atoms with Crippen molar-refractivity contribution in [2.24, 2.45) is 11.8 Å². The third-order valence-corrected chi connectivity index (χ3v) is 10.2. The molecule has 0 fully saturated rings. The van der Waals surface area contributed by atoms with Crippen LogP contribution in [-0.2, 0) is 49.7 Å². The fourth-order valence-corrected chi connectivity index (χ4v) is 7.01. The number of fused-ring (bicyclic) bond motifs is 16. The van der Waals surface area contributed by atoms with E-state index in [9.17, 15) is 29.1 Å². The van der Waals surface area contributed by atoms with Gasteiger partial charge in [-0.1, -0.05) is 76.6 Å². The van der Waals surface area contributed by atoms with Crippen LogP contribution in [-0.4, -0.2) is 53.1 Å². The van der Waals surface area contributed by atoms with Crippen LogP contribution in [0.4, 0.5) is 0 Å². The highest BCUT2D eigenvalue weighted by atomic mass is 79.9. The van der Waals surface area contributed by atoms with Gasteiger partial charge in [-0.25, -0.2) is 0 Å². The van der Waals surface area contributed by atoms with E-state index in [1.807, 2.05) is 72.1 Å². The summed E-state index contributed by atoms with van der Waals surface area (Å²) in [5.74, 6) is -4.24. The Labute approximate surface area is 303 Å². The molecule has 1 aromatic heterocycles. The van der Waals surface area contributed by atoms with Crippen LogP contribution in [0.15, 0.2) is 101 Å². The number of nitrogens with one attached hydrogen (secondary N) is 2. The smallest absolute Gasteiger partial charge is 0.307 e. The fourth-order valence-electron chi connectivity index (χ4n) is 5.96. The molecule has 0 unspecified atom stereocenters. The van der Waals surface area contributed by atoms with E-state index in [4.69, 9.17) is 4.74 Å². The Morgan fingerprint density at radius 2 is 1.50 bits per heavy atom. The minimum absolute atomic E-state index is 0.0896. The summed E-state index contributed by atoms with van der Waals surface area (Å²) in [5, 5.41) is 17.8. The van der Waals surface area contributed by atoms with Crippen molar-refractivity contribution in [3.8, 4) is 5.75 Å². The van der Waals surface area contributed by atoms with Gasteiger partial charge < -0.3 is 20.5 Å². The van der Waals surface area contributed by atoms with Gasteiger partial charge in [0.15, 0.2) is 11.6 Å². The molecule has 4 atom stereocenters. The van der Waals surface area contributed by atoms with Crippen molar-refractivity contribution in [2.75, 3.05) is 6.61 Å². The first-order valence-corrected chi connectivity index (χ1v) is 18.2. The number of Topliss-reactive ketones (excluding diaryl/α,β-unsaturated/α-hetero) is 2. The van der Waals surface area contributed by atoms with Gasteiger partial charge >= 0.3 is 5.97 Å². The minimum atomic E-state index is -1.12. The van der Waals surface area contributed by atoms with Gasteiger partial charge in [-0.15, -0.1) is 11.3 Å². The van der Waals surface area contributed by atoms with Crippen LogP contribution < -0.4 is 15.4 Å². The zero-order valence-corrected chi connectivity index (χ0v) is 29.8. The maximum absolute atomic E-state index is 14.1. The molecule has 4 aromatic rings. The summed E-state index contributed by atoms with van der Waals surface area (Å²) in [6.45, 7) is -0.258. The number of aliphatic carboxylic acids is 1. The van der Waals surface area contributed by atoms with Crippen LogP contribution in [0.2, 0.25) is 0 Å². The number of ether oxygens (including phenoxy) is 1. The quantitative estimate of drug-likeness (QED) is 0.208. The second-order valence-corrected chi connectivity index (χ2v) is 14.5. The molecule has 3 heterocycles. The van der Waals surface area contributed by atoms with E-state index in [-0.39, 0.29) is 44.5 Å². The molecule has 0 saturated carbocycles. The van der Waals surface area contributed by atoms with Crippen LogP contribution in [0.3, 0.4) is 0 Å². The monoisotopic (exact) mass is 758 g/mol.